The van der Waals surface area contributed by atoms with Crippen molar-refractivity contribution in [2.45, 2.75) is 26.2 Å². The summed E-state index contributed by atoms with van der Waals surface area (Å²) in [5, 5.41) is 0. The van der Waals surface area contributed by atoms with Gasteiger partial charge < -0.3 is 0 Å². The van der Waals surface area contributed by atoms with Crippen LogP contribution in [-0.4, -0.2) is 6.26 Å². The molecule has 0 aliphatic carbocycles. The Bertz CT molecular complexity index is 306. The van der Waals surface area contributed by atoms with E-state index < -0.39 is 6.26 Å². The van der Waals surface area contributed by atoms with Crippen molar-refractivity contribution in [1.82, 2.24) is 0 Å². The Labute approximate surface area is 74.8 Å². The molecule has 0 atom stereocenters. The van der Waals surface area contributed by atoms with E-state index in [9.17, 15) is 4.79 Å². The molecule has 0 radical (unpaired) electrons. The molecular weight excluding hydrogens is 148 g/mol. The first-order valence-electron chi connectivity index (χ1n) is 4.53. The molecule has 1 aromatic rings. The van der Waals surface area contributed by atoms with E-state index in [1.807, 2.05) is 12.1 Å². The molecule has 1 nitrogen and oxygen atoms in total. The van der Waals surface area contributed by atoms with Gasteiger partial charge in [0.05, 0.1) is 0 Å². The summed E-state index contributed by atoms with van der Waals surface area (Å²) < 4.78 is 6.91. The van der Waals surface area contributed by atoms with Gasteiger partial charge in [0.15, 0.2) is 0 Å². The van der Waals surface area contributed by atoms with Crippen molar-refractivity contribution in [2.75, 3.05) is 0 Å². The molecule has 0 aliphatic heterocycles. The number of carbonyl (C=O) groups excluding carboxylic acids is 1. The monoisotopic (exact) mass is 163 g/mol. The standard InChI is InChI=1S/C11H14O/c1-11(2,3)10-6-4-9(8-12)5-7-10/h4-8H,1-3H3/i8D. The highest BCUT2D eigenvalue weighted by Crippen LogP contribution is 2.21. The molecule has 0 aliphatic rings. The second-order valence-electron chi connectivity index (χ2n) is 3.93. The minimum Gasteiger partial charge on any atom is -0.298 e. The highest BCUT2D eigenvalue weighted by Gasteiger charge is 2.12. The molecule has 0 saturated heterocycles. The van der Waals surface area contributed by atoms with Crippen LogP contribution in [-0.2, 0) is 5.41 Å². The average Bonchev–Trinajstić information content (AvgIpc) is 2.03. The van der Waals surface area contributed by atoms with Crippen molar-refractivity contribution in [3.8, 4) is 0 Å². The lowest BCUT2D eigenvalue weighted by Crippen LogP contribution is -2.10. The Morgan fingerprint density at radius 3 is 2.08 bits per heavy atom. The summed E-state index contributed by atoms with van der Waals surface area (Å²) in [6.07, 6.45) is -0.625. The number of aldehydes is 1. The van der Waals surface area contributed by atoms with Crippen LogP contribution in [0.5, 0.6) is 0 Å². The van der Waals surface area contributed by atoms with E-state index in [4.69, 9.17) is 1.37 Å². The van der Waals surface area contributed by atoms with Gasteiger partial charge >= 0.3 is 0 Å². The molecule has 12 heavy (non-hydrogen) atoms. The third-order valence-electron chi connectivity index (χ3n) is 1.87. The molecule has 1 aromatic carbocycles. The maximum absolute atomic E-state index is 10.7. The zero-order valence-corrected chi connectivity index (χ0v) is 7.72. The molecule has 0 bridgehead atoms. The first-order valence-corrected chi connectivity index (χ1v) is 4.03. The predicted octanol–water partition coefficient (Wildman–Crippen LogP) is 2.80. The summed E-state index contributed by atoms with van der Waals surface area (Å²) in [5.41, 5.74) is 1.73. The second-order valence-corrected chi connectivity index (χ2v) is 3.93. The van der Waals surface area contributed by atoms with Crippen LogP contribution in [0.3, 0.4) is 0 Å². The first kappa shape index (κ1) is 7.53. The first-order chi connectivity index (χ1) is 5.91. The van der Waals surface area contributed by atoms with Crippen LogP contribution < -0.4 is 0 Å². The van der Waals surface area contributed by atoms with Crippen molar-refractivity contribution in [1.29, 1.82) is 0 Å². The lowest BCUT2D eigenvalue weighted by atomic mass is 9.87. The van der Waals surface area contributed by atoms with Gasteiger partial charge in [-0.1, -0.05) is 45.0 Å². The van der Waals surface area contributed by atoms with Gasteiger partial charge in [0.2, 0.25) is 0 Å². The predicted molar refractivity (Wildman–Crippen MR) is 50.5 cm³/mol. The Hall–Kier alpha value is -1.11. The minimum atomic E-state index is -0.625. The molecule has 1 heteroatoms. The van der Waals surface area contributed by atoms with E-state index in [0.29, 0.717) is 5.56 Å². The molecule has 64 valence electrons. The lowest BCUT2D eigenvalue weighted by Gasteiger charge is -2.18. The van der Waals surface area contributed by atoms with Crippen LogP contribution in [0.4, 0.5) is 0 Å². The van der Waals surface area contributed by atoms with Gasteiger partial charge in [0.25, 0.3) is 0 Å². The van der Waals surface area contributed by atoms with E-state index >= 15 is 0 Å². The van der Waals surface area contributed by atoms with Crippen LogP contribution in [0.2, 0.25) is 0 Å². The molecule has 0 heterocycles. The van der Waals surface area contributed by atoms with Crippen molar-refractivity contribution in [2.24, 2.45) is 0 Å². The normalized spacial score (nSPS) is 12.4. The number of carbonyl (C=O) groups is 1. The van der Waals surface area contributed by atoms with Gasteiger partial charge in [0, 0.05) is 5.56 Å². The third-order valence-corrected chi connectivity index (χ3v) is 1.87. The number of rotatable bonds is 1. The average molecular weight is 163 g/mol. The quantitative estimate of drug-likeness (QED) is 0.582. The van der Waals surface area contributed by atoms with Crippen molar-refractivity contribution in [3.63, 3.8) is 0 Å². The van der Waals surface area contributed by atoms with Gasteiger partial charge in [-0.15, -0.1) is 0 Å². The summed E-state index contributed by atoms with van der Waals surface area (Å²) >= 11 is 0. The maximum Gasteiger partial charge on any atom is 0.150 e. The van der Waals surface area contributed by atoms with Crippen molar-refractivity contribution in [3.05, 3.63) is 35.4 Å². The second kappa shape index (κ2) is 3.10. The van der Waals surface area contributed by atoms with Gasteiger partial charge in [-0.2, -0.15) is 0 Å². The molecular formula is C11H14O. The highest BCUT2D eigenvalue weighted by molar-refractivity contribution is 5.74. The van der Waals surface area contributed by atoms with Crippen LogP contribution in [0, 0.1) is 0 Å². The zero-order chi connectivity index (χ0) is 10.1. The summed E-state index contributed by atoms with van der Waals surface area (Å²) in [4.78, 5) is 10.7. The van der Waals surface area contributed by atoms with Gasteiger partial charge in [0.1, 0.15) is 7.63 Å². The molecule has 0 N–H and O–H groups in total. The fourth-order valence-corrected chi connectivity index (χ4v) is 1.04. The molecule has 0 amide bonds. The van der Waals surface area contributed by atoms with Crippen LogP contribution in [0.1, 0.15) is 38.1 Å². The smallest absolute Gasteiger partial charge is 0.150 e. The SMILES string of the molecule is [2H]C(=O)c1ccc(C(C)(C)C)cc1. The fraction of sp³-hybridized carbons (Fsp3) is 0.364. The van der Waals surface area contributed by atoms with E-state index in [-0.39, 0.29) is 5.41 Å². The Morgan fingerprint density at radius 2 is 1.75 bits per heavy atom. The van der Waals surface area contributed by atoms with Gasteiger partial charge in [-0.05, 0) is 11.0 Å². The topological polar surface area (TPSA) is 17.1 Å². The largest absolute Gasteiger partial charge is 0.298 e. The van der Waals surface area contributed by atoms with Crippen LogP contribution >= 0.6 is 0 Å². The molecule has 0 saturated carbocycles. The Kier molecular flexibility index (Phi) is 1.94. The van der Waals surface area contributed by atoms with Gasteiger partial charge in [-0.3, -0.25) is 4.79 Å². The van der Waals surface area contributed by atoms with E-state index in [2.05, 4.69) is 20.8 Å². The summed E-state index contributed by atoms with van der Waals surface area (Å²) in [7, 11) is 0. The number of hydrogen-bond acceptors (Lipinski definition) is 1. The number of hydrogen-bond donors (Lipinski definition) is 0. The number of benzene rings is 1. The summed E-state index contributed by atoms with van der Waals surface area (Å²) in [6.45, 7) is 6.35. The molecule has 0 fully saturated rings. The van der Waals surface area contributed by atoms with Crippen molar-refractivity contribution >= 4 is 6.26 Å². The molecule has 0 spiro atoms. The van der Waals surface area contributed by atoms with E-state index in [0.717, 1.165) is 0 Å². The maximum atomic E-state index is 10.7. The van der Waals surface area contributed by atoms with E-state index in [1.165, 1.54) is 5.56 Å². The Morgan fingerprint density at radius 1 is 1.25 bits per heavy atom. The lowest BCUT2D eigenvalue weighted by molar-refractivity contribution is 0.112. The van der Waals surface area contributed by atoms with Crippen LogP contribution in [0.15, 0.2) is 24.3 Å². The zero-order valence-electron chi connectivity index (χ0n) is 8.72. The third kappa shape index (κ3) is 1.94. The highest BCUT2D eigenvalue weighted by atomic mass is 16.1. The summed E-state index contributed by atoms with van der Waals surface area (Å²) in [5.74, 6) is 0. The minimum absolute atomic E-state index is 0.101. The van der Waals surface area contributed by atoms with Gasteiger partial charge in [-0.25, -0.2) is 0 Å². The summed E-state index contributed by atoms with van der Waals surface area (Å²) in [6, 6.07) is 7.22. The van der Waals surface area contributed by atoms with Crippen molar-refractivity contribution < 1.29 is 6.17 Å². The molecule has 1 rings (SSSR count). The van der Waals surface area contributed by atoms with Crippen LogP contribution in [0.25, 0.3) is 0 Å². The fourth-order valence-electron chi connectivity index (χ4n) is 1.04. The Balaban J connectivity index is 3.01. The molecule has 0 aromatic heterocycles. The van der Waals surface area contributed by atoms with E-state index in [1.54, 1.807) is 12.1 Å². The molecule has 0 unspecified atom stereocenters.